The van der Waals surface area contributed by atoms with Crippen molar-refractivity contribution in [2.75, 3.05) is 11.9 Å². The number of hydrogen-bond acceptors (Lipinski definition) is 4. The molecule has 2 rings (SSSR count). The number of carbonyl (C=O) groups excluding carboxylic acids is 1. The largest absolute Gasteiger partial charge is 0.330 e. The van der Waals surface area contributed by atoms with Crippen LogP contribution in [0, 0.1) is 10.1 Å². The first-order valence-corrected chi connectivity index (χ1v) is 6.45. The SMILES string of the molecule is NCCc1ccccc1C(=O)Nc1cccc([N+](=O)[O-])c1. The van der Waals surface area contributed by atoms with E-state index in [4.69, 9.17) is 5.73 Å². The van der Waals surface area contributed by atoms with E-state index in [2.05, 4.69) is 5.32 Å². The van der Waals surface area contributed by atoms with E-state index in [1.165, 1.54) is 18.2 Å². The highest BCUT2D eigenvalue weighted by Gasteiger charge is 2.12. The average Bonchev–Trinajstić information content (AvgIpc) is 2.48. The number of hydrogen-bond donors (Lipinski definition) is 2. The Hall–Kier alpha value is -2.73. The number of amides is 1. The van der Waals surface area contributed by atoms with E-state index in [1.54, 1.807) is 18.2 Å². The number of nitro benzene ring substituents is 1. The molecule has 108 valence electrons. The zero-order valence-corrected chi connectivity index (χ0v) is 11.3. The number of nitrogens with one attached hydrogen (secondary N) is 1. The Balaban J connectivity index is 2.22. The topological polar surface area (TPSA) is 98.3 Å². The molecule has 2 aromatic rings. The zero-order chi connectivity index (χ0) is 15.2. The molecule has 0 aliphatic carbocycles. The molecule has 1 amide bonds. The fourth-order valence-corrected chi connectivity index (χ4v) is 2.01. The lowest BCUT2D eigenvalue weighted by Crippen LogP contribution is -2.16. The summed E-state index contributed by atoms with van der Waals surface area (Å²) in [5.41, 5.74) is 7.22. The number of benzene rings is 2. The van der Waals surface area contributed by atoms with Gasteiger partial charge in [-0.25, -0.2) is 0 Å². The predicted octanol–water partition coefficient (Wildman–Crippen LogP) is 2.35. The summed E-state index contributed by atoms with van der Waals surface area (Å²) >= 11 is 0. The first-order valence-electron chi connectivity index (χ1n) is 6.45. The molecule has 2 aromatic carbocycles. The van der Waals surface area contributed by atoms with Crippen LogP contribution in [0.4, 0.5) is 11.4 Å². The molecule has 6 heteroatoms. The summed E-state index contributed by atoms with van der Waals surface area (Å²) in [6.07, 6.45) is 0.596. The van der Waals surface area contributed by atoms with Crippen LogP contribution < -0.4 is 11.1 Å². The molecule has 0 spiro atoms. The maximum absolute atomic E-state index is 12.3. The Kier molecular flexibility index (Phi) is 4.63. The molecule has 0 aromatic heterocycles. The number of anilines is 1. The molecule has 0 atom stereocenters. The van der Waals surface area contributed by atoms with Gasteiger partial charge in [-0.05, 0) is 30.7 Å². The van der Waals surface area contributed by atoms with Gasteiger partial charge in [0.15, 0.2) is 0 Å². The Morgan fingerprint density at radius 2 is 1.95 bits per heavy atom. The van der Waals surface area contributed by atoms with Gasteiger partial charge in [-0.3, -0.25) is 14.9 Å². The summed E-state index contributed by atoms with van der Waals surface area (Å²) in [6.45, 7) is 0.446. The summed E-state index contributed by atoms with van der Waals surface area (Å²) < 4.78 is 0. The van der Waals surface area contributed by atoms with Crippen molar-refractivity contribution in [3.63, 3.8) is 0 Å². The second kappa shape index (κ2) is 6.62. The van der Waals surface area contributed by atoms with Gasteiger partial charge in [-0.1, -0.05) is 24.3 Å². The van der Waals surface area contributed by atoms with Crippen LogP contribution in [-0.2, 0) is 6.42 Å². The van der Waals surface area contributed by atoms with Crippen LogP contribution in [0.25, 0.3) is 0 Å². The Morgan fingerprint density at radius 3 is 2.67 bits per heavy atom. The summed E-state index contributed by atoms with van der Waals surface area (Å²) in [7, 11) is 0. The molecule has 3 N–H and O–H groups in total. The van der Waals surface area contributed by atoms with Crippen molar-refractivity contribution in [2.45, 2.75) is 6.42 Å². The smallest absolute Gasteiger partial charge is 0.271 e. The van der Waals surface area contributed by atoms with Gasteiger partial charge < -0.3 is 11.1 Å². The van der Waals surface area contributed by atoms with Crippen LogP contribution in [0.3, 0.4) is 0 Å². The highest BCUT2D eigenvalue weighted by atomic mass is 16.6. The van der Waals surface area contributed by atoms with E-state index in [9.17, 15) is 14.9 Å². The number of nitrogens with two attached hydrogens (primary N) is 1. The first kappa shape index (κ1) is 14.7. The summed E-state index contributed by atoms with van der Waals surface area (Å²) in [6, 6.07) is 13.0. The first-order chi connectivity index (χ1) is 10.1. The van der Waals surface area contributed by atoms with E-state index in [-0.39, 0.29) is 11.6 Å². The number of nitrogens with zero attached hydrogens (tertiary/aromatic N) is 1. The molecule has 21 heavy (non-hydrogen) atoms. The third-order valence-electron chi connectivity index (χ3n) is 2.99. The summed E-state index contributed by atoms with van der Waals surface area (Å²) in [5.74, 6) is -0.306. The van der Waals surface area contributed by atoms with Crippen molar-refractivity contribution in [2.24, 2.45) is 5.73 Å². The molecule has 0 radical (unpaired) electrons. The highest BCUT2D eigenvalue weighted by Crippen LogP contribution is 2.18. The monoisotopic (exact) mass is 285 g/mol. The molecule has 6 nitrogen and oxygen atoms in total. The minimum absolute atomic E-state index is 0.0666. The van der Waals surface area contributed by atoms with Crippen molar-refractivity contribution in [1.82, 2.24) is 0 Å². The van der Waals surface area contributed by atoms with Crippen molar-refractivity contribution in [3.8, 4) is 0 Å². The van der Waals surface area contributed by atoms with E-state index >= 15 is 0 Å². The lowest BCUT2D eigenvalue weighted by molar-refractivity contribution is -0.384. The maximum Gasteiger partial charge on any atom is 0.271 e. The van der Waals surface area contributed by atoms with Gasteiger partial charge in [0.2, 0.25) is 0 Å². The second-order valence-electron chi connectivity index (χ2n) is 4.46. The molecule has 0 saturated carbocycles. The van der Waals surface area contributed by atoms with Gasteiger partial charge in [0.05, 0.1) is 4.92 Å². The van der Waals surface area contributed by atoms with Gasteiger partial charge in [0, 0.05) is 23.4 Å². The van der Waals surface area contributed by atoms with Gasteiger partial charge in [0.1, 0.15) is 0 Å². The van der Waals surface area contributed by atoms with Crippen LogP contribution in [0.5, 0.6) is 0 Å². The van der Waals surface area contributed by atoms with Gasteiger partial charge in [-0.2, -0.15) is 0 Å². The van der Waals surface area contributed by atoms with Crippen LogP contribution in [0.2, 0.25) is 0 Å². The van der Waals surface area contributed by atoms with Crippen molar-refractivity contribution < 1.29 is 9.72 Å². The average molecular weight is 285 g/mol. The van der Waals surface area contributed by atoms with E-state index in [1.807, 2.05) is 12.1 Å². The number of nitro groups is 1. The van der Waals surface area contributed by atoms with Crippen LogP contribution in [0.1, 0.15) is 15.9 Å². The lowest BCUT2D eigenvalue weighted by atomic mass is 10.0. The highest BCUT2D eigenvalue weighted by molar-refractivity contribution is 6.05. The molecule has 0 aliphatic rings. The van der Waals surface area contributed by atoms with E-state index < -0.39 is 4.92 Å². The number of non-ortho nitro benzene ring substituents is 1. The molecule has 0 heterocycles. The van der Waals surface area contributed by atoms with Gasteiger partial charge >= 0.3 is 0 Å². The fourth-order valence-electron chi connectivity index (χ4n) is 2.01. The molecule has 0 aliphatic heterocycles. The fraction of sp³-hybridized carbons (Fsp3) is 0.133. The third-order valence-corrected chi connectivity index (χ3v) is 2.99. The molecular formula is C15H15N3O3. The van der Waals surface area contributed by atoms with Crippen LogP contribution in [0.15, 0.2) is 48.5 Å². The minimum atomic E-state index is -0.502. The Morgan fingerprint density at radius 1 is 1.19 bits per heavy atom. The third kappa shape index (κ3) is 3.64. The van der Waals surface area contributed by atoms with Crippen molar-refractivity contribution >= 4 is 17.3 Å². The van der Waals surface area contributed by atoms with Gasteiger partial charge in [-0.15, -0.1) is 0 Å². The maximum atomic E-state index is 12.3. The summed E-state index contributed by atoms with van der Waals surface area (Å²) in [4.78, 5) is 22.5. The lowest BCUT2D eigenvalue weighted by Gasteiger charge is -2.09. The van der Waals surface area contributed by atoms with E-state index in [0.717, 1.165) is 5.56 Å². The minimum Gasteiger partial charge on any atom is -0.330 e. The second-order valence-corrected chi connectivity index (χ2v) is 4.46. The number of rotatable bonds is 5. The van der Waals surface area contributed by atoms with Crippen molar-refractivity contribution in [3.05, 3.63) is 69.8 Å². The van der Waals surface area contributed by atoms with Crippen LogP contribution in [-0.4, -0.2) is 17.4 Å². The number of carbonyl (C=O) groups is 1. The molecular weight excluding hydrogens is 270 g/mol. The Bertz CT molecular complexity index is 671. The molecule has 0 saturated heterocycles. The zero-order valence-electron chi connectivity index (χ0n) is 11.3. The molecule has 0 fully saturated rings. The predicted molar refractivity (Wildman–Crippen MR) is 80.3 cm³/mol. The van der Waals surface area contributed by atoms with Gasteiger partial charge in [0.25, 0.3) is 11.6 Å². The van der Waals surface area contributed by atoms with Crippen molar-refractivity contribution in [1.29, 1.82) is 0 Å². The standard InChI is InChI=1S/C15H15N3O3/c16-9-8-11-4-1-2-7-14(11)15(19)17-12-5-3-6-13(10-12)18(20)21/h1-7,10H,8-9,16H2,(H,17,19). The van der Waals surface area contributed by atoms with E-state index in [0.29, 0.717) is 24.2 Å². The Labute approximate surface area is 121 Å². The van der Waals surface area contributed by atoms with Crippen LogP contribution >= 0.6 is 0 Å². The molecule has 0 bridgehead atoms. The molecule has 0 unspecified atom stereocenters. The normalized spacial score (nSPS) is 10.1. The summed E-state index contributed by atoms with van der Waals surface area (Å²) in [5, 5.41) is 13.4. The quantitative estimate of drug-likeness (QED) is 0.650.